The summed E-state index contributed by atoms with van der Waals surface area (Å²) in [6.07, 6.45) is 0. The van der Waals surface area contributed by atoms with Crippen molar-refractivity contribution >= 4 is 5.78 Å². The van der Waals surface area contributed by atoms with Crippen LogP contribution in [-0.4, -0.2) is 30.4 Å². The lowest BCUT2D eigenvalue weighted by molar-refractivity contribution is -1.10. The van der Waals surface area contributed by atoms with E-state index in [0.717, 1.165) is 0 Å². The van der Waals surface area contributed by atoms with Gasteiger partial charge in [-0.15, -0.1) is 0 Å². The van der Waals surface area contributed by atoms with Gasteiger partial charge in [0.25, 0.3) is 0 Å². The van der Waals surface area contributed by atoms with Crippen molar-refractivity contribution in [1.29, 1.82) is 0 Å². The molecule has 92 valence electrons. The van der Waals surface area contributed by atoms with Crippen LogP contribution in [0.3, 0.4) is 0 Å². The van der Waals surface area contributed by atoms with Crippen molar-refractivity contribution in [2.45, 2.75) is 19.9 Å². The SMILES string of the molecule is CC[NH+](O)[C@@H](C)C(=O)c1ccc2c(c1)OCO2. The minimum atomic E-state index is -0.486. The van der Waals surface area contributed by atoms with Crippen molar-refractivity contribution in [1.82, 2.24) is 0 Å². The second kappa shape index (κ2) is 4.73. The van der Waals surface area contributed by atoms with E-state index in [1.54, 1.807) is 25.1 Å². The average molecular weight is 238 g/mol. The molecule has 1 aliphatic rings. The lowest BCUT2D eigenvalue weighted by Crippen LogP contribution is -3.14. The quantitative estimate of drug-likeness (QED) is 0.584. The number of likely N-dealkylation sites (N-methyl/N-ethyl adjacent to an activating group) is 1. The van der Waals surface area contributed by atoms with Crippen molar-refractivity contribution in [2.75, 3.05) is 13.3 Å². The van der Waals surface area contributed by atoms with Crippen molar-refractivity contribution < 1.29 is 24.5 Å². The van der Waals surface area contributed by atoms with Crippen molar-refractivity contribution in [3.63, 3.8) is 0 Å². The van der Waals surface area contributed by atoms with Gasteiger partial charge < -0.3 is 9.47 Å². The third kappa shape index (κ3) is 2.25. The molecule has 0 aromatic heterocycles. The van der Waals surface area contributed by atoms with E-state index in [-0.39, 0.29) is 17.6 Å². The number of hydroxylamine groups is 2. The Bertz CT molecular complexity index is 433. The highest BCUT2D eigenvalue weighted by Crippen LogP contribution is 2.32. The predicted molar refractivity (Wildman–Crippen MR) is 59.6 cm³/mol. The second-order valence-electron chi connectivity index (χ2n) is 4.00. The summed E-state index contributed by atoms with van der Waals surface area (Å²) in [5, 5.41) is 9.79. The Morgan fingerprint density at radius 3 is 2.88 bits per heavy atom. The van der Waals surface area contributed by atoms with Crippen LogP contribution in [-0.2, 0) is 0 Å². The fraction of sp³-hybridized carbons (Fsp3) is 0.417. The number of Topliss-reactive ketones (excluding diaryl/α,β-unsaturated/α-hetero) is 1. The summed E-state index contributed by atoms with van der Waals surface area (Å²) in [5.74, 6) is 1.12. The maximum Gasteiger partial charge on any atom is 0.231 e. The van der Waals surface area contributed by atoms with Crippen LogP contribution in [0.2, 0.25) is 0 Å². The van der Waals surface area contributed by atoms with Crippen LogP contribution in [0.1, 0.15) is 24.2 Å². The Kier molecular flexibility index (Phi) is 3.31. The van der Waals surface area contributed by atoms with Gasteiger partial charge in [-0.25, -0.2) is 5.21 Å². The first kappa shape index (κ1) is 11.9. The number of benzene rings is 1. The molecule has 2 rings (SSSR count). The molecule has 0 radical (unpaired) electrons. The minimum Gasteiger partial charge on any atom is -0.454 e. The molecule has 2 atom stereocenters. The van der Waals surface area contributed by atoms with Crippen LogP contribution in [0.4, 0.5) is 0 Å². The van der Waals surface area contributed by atoms with Gasteiger partial charge in [0, 0.05) is 5.56 Å². The van der Waals surface area contributed by atoms with E-state index >= 15 is 0 Å². The Hall–Kier alpha value is -1.59. The molecule has 1 aliphatic heterocycles. The number of carbonyl (C=O) groups excluding carboxylic acids is 1. The highest BCUT2D eigenvalue weighted by Gasteiger charge is 2.26. The summed E-state index contributed by atoms with van der Waals surface area (Å²) in [5.41, 5.74) is 0.529. The van der Waals surface area contributed by atoms with Crippen LogP contribution in [0.5, 0.6) is 11.5 Å². The van der Waals surface area contributed by atoms with Gasteiger partial charge in [0.1, 0.15) is 6.54 Å². The molecule has 0 bridgehead atoms. The van der Waals surface area contributed by atoms with Crippen LogP contribution >= 0.6 is 0 Å². The number of nitrogens with one attached hydrogen (secondary N) is 1. The molecule has 1 aromatic carbocycles. The Balaban J connectivity index is 2.20. The average Bonchev–Trinajstić information content (AvgIpc) is 2.83. The van der Waals surface area contributed by atoms with E-state index in [2.05, 4.69) is 0 Å². The molecule has 0 aliphatic carbocycles. The number of hydrogen-bond donors (Lipinski definition) is 2. The van der Waals surface area contributed by atoms with Gasteiger partial charge >= 0.3 is 0 Å². The highest BCUT2D eigenvalue weighted by atomic mass is 16.7. The summed E-state index contributed by atoms with van der Waals surface area (Å²) in [4.78, 5) is 12.1. The van der Waals surface area contributed by atoms with Crippen molar-refractivity contribution in [3.05, 3.63) is 23.8 Å². The zero-order valence-electron chi connectivity index (χ0n) is 9.90. The fourth-order valence-electron chi connectivity index (χ4n) is 1.76. The van der Waals surface area contributed by atoms with Gasteiger partial charge in [0.2, 0.25) is 12.6 Å². The number of fused-ring (bicyclic) bond motifs is 1. The molecule has 1 unspecified atom stereocenters. The van der Waals surface area contributed by atoms with Crippen LogP contribution in [0.25, 0.3) is 0 Å². The van der Waals surface area contributed by atoms with Gasteiger partial charge in [0.15, 0.2) is 17.5 Å². The van der Waals surface area contributed by atoms with Crippen molar-refractivity contribution in [2.24, 2.45) is 0 Å². The lowest BCUT2D eigenvalue weighted by atomic mass is 10.0. The molecule has 0 saturated heterocycles. The molecule has 0 spiro atoms. The van der Waals surface area contributed by atoms with E-state index in [1.807, 2.05) is 6.92 Å². The summed E-state index contributed by atoms with van der Waals surface area (Å²) in [6.45, 7) is 4.19. The molecule has 0 saturated carbocycles. The number of quaternary nitrogens is 1. The topological polar surface area (TPSA) is 60.2 Å². The maximum atomic E-state index is 12.1. The summed E-state index contributed by atoms with van der Waals surface area (Å²) >= 11 is 0. The fourth-order valence-corrected chi connectivity index (χ4v) is 1.76. The zero-order valence-corrected chi connectivity index (χ0v) is 9.90. The number of rotatable bonds is 4. The molecule has 5 nitrogen and oxygen atoms in total. The molecular weight excluding hydrogens is 222 g/mol. The standard InChI is InChI=1S/C12H15NO4/c1-3-13(15)8(2)12(14)9-4-5-10-11(6-9)17-7-16-10/h4-6,8,15H,3,7H2,1-2H3/p+1/t8-/m0/s1. The van der Waals surface area contributed by atoms with Crippen LogP contribution in [0, 0.1) is 0 Å². The predicted octanol–water partition coefficient (Wildman–Crippen LogP) is 0.280. The van der Waals surface area contributed by atoms with E-state index in [1.165, 1.54) is 0 Å². The van der Waals surface area contributed by atoms with Gasteiger partial charge in [-0.1, -0.05) is 0 Å². The molecule has 2 N–H and O–H groups in total. The second-order valence-corrected chi connectivity index (χ2v) is 4.00. The van der Waals surface area contributed by atoms with Gasteiger partial charge in [-0.05, 0) is 32.0 Å². The summed E-state index contributed by atoms with van der Waals surface area (Å²) in [6, 6.07) is 4.57. The summed E-state index contributed by atoms with van der Waals surface area (Å²) < 4.78 is 10.4. The van der Waals surface area contributed by atoms with Crippen LogP contribution < -0.4 is 14.5 Å². The maximum absolute atomic E-state index is 12.1. The Morgan fingerprint density at radius 2 is 2.18 bits per heavy atom. The van der Waals surface area contributed by atoms with Gasteiger partial charge in [-0.2, -0.15) is 5.06 Å². The Labute approximate surface area is 99.5 Å². The molecule has 17 heavy (non-hydrogen) atoms. The normalized spacial score (nSPS) is 16.6. The van der Waals surface area contributed by atoms with E-state index in [0.29, 0.717) is 23.6 Å². The first-order valence-electron chi connectivity index (χ1n) is 5.62. The minimum absolute atomic E-state index is 0.109. The van der Waals surface area contributed by atoms with Crippen LogP contribution in [0.15, 0.2) is 18.2 Å². The summed E-state index contributed by atoms with van der Waals surface area (Å²) in [7, 11) is 0. The molecule has 0 amide bonds. The lowest BCUT2D eigenvalue weighted by Gasteiger charge is -2.15. The zero-order chi connectivity index (χ0) is 12.4. The first-order valence-corrected chi connectivity index (χ1v) is 5.62. The number of hydrogen-bond acceptors (Lipinski definition) is 4. The molecular formula is C12H16NO4+. The Morgan fingerprint density at radius 1 is 1.47 bits per heavy atom. The molecule has 1 heterocycles. The van der Waals surface area contributed by atoms with E-state index in [4.69, 9.17) is 9.47 Å². The smallest absolute Gasteiger partial charge is 0.231 e. The number of ketones is 1. The van der Waals surface area contributed by atoms with Crippen molar-refractivity contribution in [3.8, 4) is 11.5 Å². The third-order valence-corrected chi connectivity index (χ3v) is 2.91. The molecule has 5 heteroatoms. The number of carbonyl (C=O) groups is 1. The molecule has 0 fully saturated rings. The largest absolute Gasteiger partial charge is 0.454 e. The molecule has 1 aromatic rings. The van der Waals surface area contributed by atoms with Gasteiger partial charge in [0.05, 0.1) is 0 Å². The van der Waals surface area contributed by atoms with Gasteiger partial charge in [-0.3, -0.25) is 4.79 Å². The third-order valence-electron chi connectivity index (χ3n) is 2.91. The number of ether oxygens (including phenoxy) is 2. The highest BCUT2D eigenvalue weighted by molar-refractivity contribution is 5.99. The first-order chi connectivity index (χ1) is 8.13. The van der Waals surface area contributed by atoms with E-state index < -0.39 is 6.04 Å². The monoisotopic (exact) mass is 238 g/mol. The van der Waals surface area contributed by atoms with E-state index in [9.17, 15) is 10.0 Å².